The van der Waals surface area contributed by atoms with Gasteiger partial charge in [-0.1, -0.05) is 43.2 Å². The van der Waals surface area contributed by atoms with Crippen LogP contribution < -0.4 is 14.4 Å². The topological polar surface area (TPSA) is 95.9 Å². The lowest BCUT2D eigenvalue weighted by Gasteiger charge is -2.45. The Balaban J connectivity index is 1.30. The zero-order valence-corrected chi connectivity index (χ0v) is 26.2. The van der Waals surface area contributed by atoms with Gasteiger partial charge in [0.15, 0.2) is 0 Å². The highest BCUT2D eigenvalue weighted by Gasteiger charge is 2.45. The van der Waals surface area contributed by atoms with Crippen LogP contribution in [0.2, 0.25) is 5.02 Å². The molecule has 2 heterocycles. The molecular formula is C34H41ClN2O5S. The van der Waals surface area contributed by atoms with Crippen LogP contribution in [-0.4, -0.2) is 50.5 Å². The van der Waals surface area contributed by atoms with E-state index in [0.29, 0.717) is 36.8 Å². The van der Waals surface area contributed by atoms with Gasteiger partial charge >= 0.3 is 0 Å². The molecule has 9 heteroatoms. The number of anilines is 1. The predicted octanol–water partition coefficient (Wildman–Crippen LogP) is 5.63. The number of aliphatic hydroxyl groups excluding tert-OH is 1. The van der Waals surface area contributed by atoms with Gasteiger partial charge in [-0.15, -0.1) is 0 Å². The molecule has 1 amide bonds. The van der Waals surface area contributed by atoms with Crippen molar-refractivity contribution in [1.29, 1.82) is 0 Å². The van der Waals surface area contributed by atoms with E-state index in [4.69, 9.17) is 16.3 Å². The summed E-state index contributed by atoms with van der Waals surface area (Å²) in [6.45, 7) is 3.89. The minimum Gasteiger partial charge on any atom is -0.490 e. The maximum absolute atomic E-state index is 13.5. The van der Waals surface area contributed by atoms with Crippen LogP contribution in [0.3, 0.4) is 0 Å². The Kier molecular flexibility index (Phi) is 7.54. The van der Waals surface area contributed by atoms with E-state index < -0.39 is 27.3 Å². The van der Waals surface area contributed by atoms with Gasteiger partial charge in [-0.3, -0.25) is 4.79 Å². The summed E-state index contributed by atoms with van der Waals surface area (Å²) < 4.78 is 36.0. The minimum atomic E-state index is -3.90. The highest BCUT2D eigenvalue weighted by molar-refractivity contribution is 7.90. The van der Waals surface area contributed by atoms with Crippen LogP contribution in [0.5, 0.6) is 5.75 Å². The summed E-state index contributed by atoms with van der Waals surface area (Å²) in [4.78, 5) is 15.9. The fraction of sp³-hybridized carbons (Fsp3) is 0.559. The molecule has 43 heavy (non-hydrogen) atoms. The van der Waals surface area contributed by atoms with E-state index in [0.717, 1.165) is 62.2 Å². The first-order chi connectivity index (χ1) is 20.6. The molecule has 2 fully saturated rings. The molecule has 2 aliphatic heterocycles. The van der Waals surface area contributed by atoms with E-state index in [2.05, 4.69) is 21.8 Å². The first-order valence-electron chi connectivity index (χ1n) is 15.9. The van der Waals surface area contributed by atoms with Crippen molar-refractivity contribution in [3.8, 4) is 5.75 Å². The lowest BCUT2D eigenvalue weighted by molar-refractivity contribution is 0.0452. The van der Waals surface area contributed by atoms with E-state index in [1.807, 2.05) is 31.2 Å². The van der Waals surface area contributed by atoms with Crippen molar-refractivity contribution in [2.75, 3.05) is 24.6 Å². The van der Waals surface area contributed by atoms with Crippen LogP contribution >= 0.6 is 11.6 Å². The summed E-state index contributed by atoms with van der Waals surface area (Å²) in [5, 5.41) is 11.4. The fourth-order valence-corrected chi connectivity index (χ4v) is 10.5. The summed E-state index contributed by atoms with van der Waals surface area (Å²) in [5.74, 6) is 0.396. The van der Waals surface area contributed by atoms with Crippen LogP contribution in [0.1, 0.15) is 73.4 Å². The number of halogens is 1. The van der Waals surface area contributed by atoms with E-state index in [1.165, 1.54) is 11.1 Å². The van der Waals surface area contributed by atoms with Gasteiger partial charge in [0, 0.05) is 29.1 Å². The zero-order valence-electron chi connectivity index (χ0n) is 24.7. The molecule has 7 rings (SSSR count). The molecule has 7 nitrogen and oxygen atoms in total. The van der Waals surface area contributed by atoms with Gasteiger partial charge in [-0.05, 0) is 110 Å². The normalized spacial score (nSPS) is 35.8. The number of sulfonamides is 1. The maximum Gasteiger partial charge on any atom is 0.264 e. The molecule has 2 aromatic rings. The summed E-state index contributed by atoms with van der Waals surface area (Å²) in [7, 11) is -3.90. The average Bonchev–Trinajstić information content (AvgIpc) is 3.11. The van der Waals surface area contributed by atoms with Crippen LogP contribution in [0.4, 0.5) is 5.69 Å². The number of aliphatic hydroxyl groups is 1. The van der Waals surface area contributed by atoms with Crippen molar-refractivity contribution in [3.05, 3.63) is 70.3 Å². The number of carbonyl (C=O) groups excluding carboxylic acids is 1. The van der Waals surface area contributed by atoms with Gasteiger partial charge in [-0.2, -0.15) is 0 Å². The molecule has 0 saturated heterocycles. The van der Waals surface area contributed by atoms with Crippen LogP contribution in [0, 0.1) is 23.7 Å². The summed E-state index contributed by atoms with van der Waals surface area (Å²) >= 11 is 6.40. The highest BCUT2D eigenvalue weighted by atomic mass is 35.5. The molecule has 3 aliphatic carbocycles. The number of nitrogens with one attached hydrogen (secondary N) is 1. The average molecular weight is 625 g/mol. The summed E-state index contributed by atoms with van der Waals surface area (Å²) in [6, 6.07) is 11.5. The van der Waals surface area contributed by atoms with Crippen LogP contribution in [0.15, 0.2) is 48.6 Å². The number of fused-ring (bicyclic) bond motifs is 6. The van der Waals surface area contributed by atoms with E-state index in [-0.39, 0.29) is 23.2 Å². The maximum atomic E-state index is 13.5. The van der Waals surface area contributed by atoms with E-state index in [9.17, 15) is 18.3 Å². The number of benzene rings is 2. The fourth-order valence-electron chi connectivity index (χ4n) is 8.54. The number of rotatable bonds is 0. The van der Waals surface area contributed by atoms with Crippen molar-refractivity contribution in [2.45, 2.75) is 75.1 Å². The Morgan fingerprint density at radius 1 is 1.07 bits per heavy atom. The van der Waals surface area contributed by atoms with Crippen LogP contribution in [0.25, 0.3) is 0 Å². The largest absolute Gasteiger partial charge is 0.490 e. The number of ether oxygens (including phenoxy) is 1. The highest BCUT2D eigenvalue weighted by Crippen LogP contribution is 2.47. The molecule has 0 radical (unpaired) electrons. The number of carbonyl (C=O) groups is 1. The molecular weight excluding hydrogens is 584 g/mol. The quantitative estimate of drug-likeness (QED) is 0.369. The number of amides is 1. The Morgan fingerprint density at radius 2 is 1.93 bits per heavy atom. The number of allylic oxidation sites excluding steroid dienone is 1. The van der Waals surface area contributed by atoms with Crippen molar-refractivity contribution in [3.63, 3.8) is 0 Å². The van der Waals surface area contributed by atoms with Gasteiger partial charge in [0.05, 0.1) is 23.6 Å². The first-order valence-corrected chi connectivity index (χ1v) is 17.8. The molecule has 5 aliphatic rings. The summed E-state index contributed by atoms with van der Waals surface area (Å²) in [6.07, 6.45) is 10.5. The third kappa shape index (κ3) is 5.27. The standard InChI is InChI=1S/C34H41ClN2O5S/c1-21-22-4-2-6-32(21)43(40,41)36-33(39)24-9-14-31-29(17-24)37(18-25-7-11-27(25)30(38)13-8-22)19-34(20-42-31)15-3-5-23-16-26(35)10-12-28(23)34/h8-10,12-14,16-17,21-22,25,27,30,32,38H,2-7,11,15,18-20H2,1H3,(H,36,39)/b13-8-/t21-,22-,25+,27-,30+,32+,34+/m1/s1. The number of aryl methyl sites for hydroxylation is 1. The Hall–Kier alpha value is -2.55. The number of hydrogen-bond acceptors (Lipinski definition) is 6. The van der Waals surface area contributed by atoms with Gasteiger partial charge in [0.2, 0.25) is 10.0 Å². The SMILES string of the molecule is C[C@@H]1[C@H]2/C=C\[C@H](O)[C@@H]3CC[C@H]3CN3C[C@@]4(CCCc5cc(Cl)ccc54)COc4ccc(cc43)C(=O)NS(=O)(=O)[C@H]1CCC2. The van der Waals surface area contributed by atoms with Crippen LogP contribution in [-0.2, 0) is 21.9 Å². The van der Waals surface area contributed by atoms with E-state index >= 15 is 0 Å². The second kappa shape index (κ2) is 11.1. The molecule has 7 atom stereocenters. The first kappa shape index (κ1) is 29.2. The monoisotopic (exact) mass is 624 g/mol. The molecule has 1 spiro atoms. The van der Waals surface area contributed by atoms with Gasteiger partial charge in [0.25, 0.3) is 5.91 Å². The summed E-state index contributed by atoms with van der Waals surface area (Å²) in [5.41, 5.74) is 3.38. The Bertz CT molecular complexity index is 1560. The molecule has 2 N–H and O–H groups in total. The second-order valence-corrected chi connectivity index (χ2v) is 16.0. The minimum absolute atomic E-state index is 0.0416. The lowest BCUT2D eigenvalue weighted by Crippen LogP contribution is -2.49. The van der Waals surface area contributed by atoms with E-state index in [1.54, 1.807) is 12.1 Å². The van der Waals surface area contributed by atoms with Gasteiger partial charge in [0.1, 0.15) is 5.75 Å². The van der Waals surface area contributed by atoms with Crippen molar-refractivity contribution in [2.24, 2.45) is 23.7 Å². The smallest absolute Gasteiger partial charge is 0.264 e. The molecule has 2 aromatic carbocycles. The molecule has 0 unspecified atom stereocenters. The Labute approximate surface area is 259 Å². The number of hydrogen-bond donors (Lipinski definition) is 2. The molecule has 230 valence electrons. The zero-order chi connectivity index (χ0) is 29.9. The van der Waals surface area contributed by atoms with Gasteiger partial charge < -0.3 is 14.7 Å². The van der Waals surface area contributed by atoms with Gasteiger partial charge in [-0.25, -0.2) is 13.1 Å². The molecule has 2 saturated carbocycles. The predicted molar refractivity (Wildman–Crippen MR) is 168 cm³/mol. The Morgan fingerprint density at radius 3 is 2.74 bits per heavy atom. The third-order valence-electron chi connectivity index (χ3n) is 11.1. The lowest BCUT2D eigenvalue weighted by atomic mass is 9.68. The molecule has 4 bridgehead atoms. The molecule has 0 aromatic heterocycles. The van der Waals surface area contributed by atoms with Crippen molar-refractivity contribution in [1.82, 2.24) is 4.72 Å². The third-order valence-corrected chi connectivity index (χ3v) is 13.3. The second-order valence-electron chi connectivity index (χ2n) is 13.6. The van der Waals surface area contributed by atoms with Crippen molar-refractivity contribution >= 4 is 33.2 Å². The number of nitrogens with zero attached hydrogens (tertiary/aromatic N) is 1. The van der Waals surface area contributed by atoms with Crippen molar-refractivity contribution < 1.29 is 23.1 Å².